The first-order valence-corrected chi connectivity index (χ1v) is 13.4. The molecule has 41 heavy (non-hydrogen) atoms. The third-order valence-electron chi connectivity index (χ3n) is 8.64. The average Bonchev–Trinajstić information content (AvgIpc) is 2.91. The highest BCUT2D eigenvalue weighted by Crippen LogP contribution is 2.49. The monoisotopic (exact) mass is 558 g/mol. The molecule has 7 N–H and O–H groups in total. The number of ether oxygens (including phenoxy) is 1. The zero-order valence-corrected chi connectivity index (χ0v) is 23.5. The normalized spacial score (nSPS) is 20.0. The van der Waals surface area contributed by atoms with Gasteiger partial charge in [0.1, 0.15) is 46.0 Å². The van der Waals surface area contributed by atoms with Crippen molar-refractivity contribution < 1.29 is 40.5 Å². The molecule has 1 aliphatic rings. The second-order valence-corrected chi connectivity index (χ2v) is 10.9. The molecule has 0 fully saturated rings. The number of aromatic hydroxyl groups is 7. The summed E-state index contributed by atoms with van der Waals surface area (Å²) in [4.78, 5) is 0. The fourth-order valence-corrected chi connectivity index (χ4v) is 6.05. The summed E-state index contributed by atoms with van der Waals surface area (Å²) in [7, 11) is 1.48. The van der Waals surface area contributed by atoms with E-state index in [2.05, 4.69) is 0 Å². The van der Waals surface area contributed by atoms with Gasteiger partial charge in [-0.25, -0.2) is 0 Å². The Labute approximate surface area is 238 Å². The van der Waals surface area contributed by atoms with E-state index in [0.29, 0.717) is 50.3 Å². The Morgan fingerprint density at radius 1 is 0.366 bits per heavy atom. The minimum absolute atomic E-state index is 0.0569. The minimum atomic E-state index is -0.579. The second-order valence-electron chi connectivity index (χ2n) is 10.9. The molecule has 0 radical (unpaired) electrons. The van der Waals surface area contributed by atoms with E-state index in [1.165, 1.54) is 31.4 Å². The number of hydrogen-bond donors (Lipinski definition) is 7. The predicted octanol–water partition coefficient (Wildman–Crippen LogP) is 6.56. The molecule has 214 valence electrons. The molecule has 0 heterocycles. The van der Waals surface area contributed by atoms with Gasteiger partial charge in [0.15, 0.2) is 0 Å². The SMILES string of the molecule is COc1cc(O)c2cc1[C@H](C)c1cc(c(O)cc1O)[C@H](C)c1cc(c(O)cc1O)[C@H](C)c1cc(c(O)cc1O)[C@@H]2C. The van der Waals surface area contributed by atoms with Crippen LogP contribution in [0.1, 0.15) is 95.9 Å². The maximum atomic E-state index is 11.0. The largest absolute Gasteiger partial charge is 0.508 e. The summed E-state index contributed by atoms with van der Waals surface area (Å²) in [6, 6.07) is 11.9. The maximum Gasteiger partial charge on any atom is 0.126 e. The van der Waals surface area contributed by atoms with E-state index in [0.717, 1.165) is 0 Å². The lowest BCUT2D eigenvalue weighted by atomic mass is 9.81. The second kappa shape index (κ2) is 10.0. The van der Waals surface area contributed by atoms with Crippen LogP contribution in [0.5, 0.6) is 46.0 Å². The summed E-state index contributed by atoms with van der Waals surface area (Å²) in [6.45, 7) is 7.25. The van der Waals surface area contributed by atoms with Crippen molar-refractivity contribution in [2.24, 2.45) is 0 Å². The highest BCUT2D eigenvalue weighted by molar-refractivity contribution is 5.61. The molecular formula is C33H34O8. The van der Waals surface area contributed by atoms with Crippen molar-refractivity contribution in [1.29, 1.82) is 0 Å². The number of hydrogen-bond acceptors (Lipinski definition) is 8. The number of rotatable bonds is 1. The molecule has 0 amide bonds. The van der Waals surface area contributed by atoms with Crippen LogP contribution in [0.2, 0.25) is 0 Å². The Morgan fingerprint density at radius 3 is 0.854 bits per heavy atom. The zero-order chi connectivity index (χ0) is 29.9. The van der Waals surface area contributed by atoms with Gasteiger partial charge < -0.3 is 40.5 Å². The van der Waals surface area contributed by atoms with Gasteiger partial charge in [-0.15, -0.1) is 0 Å². The van der Waals surface area contributed by atoms with Gasteiger partial charge in [0.2, 0.25) is 0 Å². The number of fused-ring (bicyclic) bond motifs is 8. The molecule has 8 bridgehead atoms. The standard InChI is InChI=1S/C33H34O8/c1-14-18-6-19(27(35)10-26(18)34)15(2)22-8-23(31(39)12-30(22)38)17(4)25-9-24(32(40)13-33(25)41-5)16(3)21-7-20(14)28(36)11-29(21)37/h6-17,34-40H,1-5H3/t14-,15+,16-,17+/m0/s1. The van der Waals surface area contributed by atoms with E-state index in [9.17, 15) is 35.7 Å². The summed E-state index contributed by atoms with van der Waals surface area (Å²) in [5.74, 6) is -2.83. The zero-order valence-electron chi connectivity index (χ0n) is 23.5. The Bertz CT molecular complexity index is 1670. The smallest absolute Gasteiger partial charge is 0.126 e. The molecule has 4 aromatic rings. The fraction of sp³-hybridized carbons (Fsp3) is 0.273. The van der Waals surface area contributed by atoms with E-state index in [1.54, 1.807) is 38.1 Å². The number of phenols is 7. The Morgan fingerprint density at radius 2 is 0.585 bits per heavy atom. The van der Waals surface area contributed by atoms with Gasteiger partial charge in [-0.05, 0) is 24.3 Å². The first-order valence-electron chi connectivity index (χ1n) is 13.4. The van der Waals surface area contributed by atoms with Crippen molar-refractivity contribution in [3.63, 3.8) is 0 Å². The van der Waals surface area contributed by atoms with Crippen molar-refractivity contribution in [1.82, 2.24) is 0 Å². The molecule has 8 nitrogen and oxygen atoms in total. The highest BCUT2D eigenvalue weighted by atomic mass is 16.5. The predicted molar refractivity (Wildman–Crippen MR) is 154 cm³/mol. The molecule has 4 aromatic carbocycles. The molecule has 0 unspecified atom stereocenters. The van der Waals surface area contributed by atoms with Gasteiger partial charge in [-0.1, -0.05) is 27.7 Å². The summed E-state index contributed by atoms with van der Waals surface area (Å²) < 4.78 is 5.60. The van der Waals surface area contributed by atoms with E-state index in [-0.39, 0.29) is 40.2 Å². The number of phenolic OH excluding ortho intramolecular Hbond substituents is 7. The summed E-state index contributed by atoms with van der Waals surface area (Å²) >= 11 is 0. The molecule has 1 aliphatic carbocycles. The van der Waals surface area contributed by atoms with Crippen LogP contribution in [0.4, 0.5) is 0 Å². The molecule has 8 heteroatoms. The third kappa shape index (κ3) is 4.49. The van der Waals surface area contributed by atoms with Crippen LogP contribution in [0.3, 0.4) is 0 Å². The lowest BCUT2D eigenvalue weighted by Gasteiger charge is -2.26. The third-order valence-corrected chi connectivity index (χ3v) is 8.64. The van der Waals surface area contributed by atoms with E-state index in [1.807, 2.05) is 13.8 Å². The molecule has 4 atom stereocenters. The molecule has 0 spiro atoms. The molecule has 0 aromatic heterocycles. The maximum absolute atomic E-state index is 11.0. The van der Waals surface area contributed by atoms with Crippen LogP contribution in [0.15, 0.2) is 48.5 Å². The topological polar surface area (TPSA) is 151 Å². The first kappa shape index (κ1) is 27.8. The van der Waals surface area contributed by atoms with Crippen molar-refractivity contribution in [2.45, 2.75) is 51.4 Å². The lowest BCUT2D eigenvalue weighted by Crippen LogP contribution is -2.08. The molecule has 0 aliphatic heterocycles. The highest BCUT2D eigenvalue weighted by Gasteiger charge is 2.29. The van der Waals surface area contributed by atoms with Crippen molar-refractivity contribution in [2.75, 3.05) is 7.11 Å². The van der Waals surface area contributed by atoms with Gasteiger partial charge >= 0.3 is 0 Å². The molecule has 0 saturated heterocycles. The van der Waals surface area contributed by atoms with E-state index >= 15 is 0 Å². The van der Waals surface area contributed by atoms with Crippen LogP contribution in [-0.4, -0.2) is 42.9 Å². The van der Waals surface area contributed by atoms with Gasteiger partial charge in [0.25, 0.3) is 0 Å². The van der Waals surface area contributed by atoms with Gasteiger partial charge in [0, 0.05) is 92.4 Å². The Balaban J connectivity index is 1.88. The number of methoxy groups -OCH3 is 1. The lowest BCUT2D eigenvalue weighted by molar-refractivity contribution is 0.398. The fourth-order valence-electron chi connectivity index (χ4n) is 6.05. The molecular weight excluding hydrogens is 524 g/mol. The van der Waals surface area contributed by atoms with Crippen LogP contribution >= 0.6 is 0 Å². The van der Waals surface area contributed by atoms with Crippen LogP contribution in [0.25, 0.3) is 0 Å². The summed E-state index contributed by atoms with van der Waals surface area (Å²) in [5.41, 5.74) is 3.77. The molecule has 5 rings (SSSR count). The van der Waals surface area contributed by atoms with Crippen molar-refractivity contribution in [3.05, 3.63) is 93.0 Å². The summed E-state index contributed by atoms with van der Waals surface area (Å²) in [6.07, 6.45) is 0. The minimum Gasteiger partial charge on any atom is -0.508 e. The van der Waals surface area contributed by atoms with E-state index in [4.69, 9.17) is 4.74 Å². The van der Waals surface area contributed by atoms with Crippen LogP contribution < -0.4 is 4.74 Å². The van der Waals surface area contributed by atoms with Gasteiger partial charge in [-0.2, -0.15) is 0 Å². The van der Waals surface area contributed by atoms with Crippen molar-refractivity contribution >= 4 is 0 Å². The molecule has 0 saturated carbocycles. The summed E-state index contributed by atoms with van der Waals surface area (Å²) in [5, 5.41) is 76.3. The van der Waals surface area contributed by atoms with Crippen molar-refractivity contribution in [3.8, 4) is 46.0 Å². The quantitative estimate of drug-likeness (QED) is 0.139. The van der Waals surface area contributed by atoms with E-state index < -0.39 is 23.7 Å². The van der Waals surface area contributed by atoms with Crippen LogP contribution in [-0.2, 0) is 0 Å². The number of benzene rings is 4. The van der Waals surface area contributed by atoms with Gasteiger partial charge in [0.05, 0.1) is 7.11 Å². The Hall–Kier alpha value is -4.72. The first-order chi connectivity index (χ1) is 19.3. The average molecular weight is 559 g/mol. The van der Waals surface area contributed by atoms with Crippen LogP contribution in [0, 0.1) is 0 Å². The Kier molecular flexibility index (Phi) is 6.81. The van der Waals surface area contributed by atoms with Gasteiger partial charge in [-0.3, -0.25) is 0 Å².